The molecule has 1 aliphatic carbocycles. The first-order valence-electron chi connectivity index (χ1n) is 11.3. The second kappa shape index (κ2) is 11.6. The summed E-state index contributed by atoms with van der Waals surface area (Å²) in [6.45, 7) is 0.174. The molecule has 0 amide bonds. The minimum Gasteiger partial charge on any atom is -0.477 e. The summed E-state index contributed by atoms with van der Waals surface area (Å²) in [5.41, 5.74) is -0.593. The third-order valence-electron chi connectivity index (χ3n) is 5.69. The van der Waals surface area contributed by atoms with E-state index in [9.17, 15) is 21.6 Å². The van der Waals surface area contributed by atoms with Crippen LogP contribution in [0.5, 0.6) is 5.88 Å². The van der Waals surface area contributed by atoms with E-state index in [4.69, 9.17) is 11.2 Å². The second-order valence-electron chi connectivity index (χ2n) is 8.35. The van der Waals surface area contributed by atoms with Gasteiger partial charge in [0.2, 0.25) is 11.8 Å². The van der Waals surface area contributed by atoms with Crippen molar-refractivity contribution in [3.05, 3.63) is 36.0 Å². The Balaban J connectivity index is 1.70. The zero-order chi connectivity index (χ0) is 24.6. The third kappa shape index (κ3) is 7.35. The maximum absolute atomic E-state index is 13.4. The molecule has 1 saturated carbocycles. The lowest BCUT2D eigenvalue weighted by molar-refractivity contribution is -0.139. The molecule has 1 aromatic carbocycles. The fourth-order valence-electron chi connectivity index (χ4n) is 3.79. The number of ether oxygens (including phenoxy) is 1. The molecule has 34 heavy (non-hydrogen) atoms. The van der Waals surface area contributed by atoms with E-state index in [0.717, 1.165) is 32.1 Å². The topological polar surface area (TPSA) is 81.2 Å². The number of nitrogens with zero attached hydrogens (tertiary/aromatic N) is 2. The summed E-state index contributed by atoms with van der Waals surface area (Å²) >= 11 is 0. The van der Waals surface area contributed by atoms with E-state index < -0.39 is 27.5 Å². The zero-order valence-electron chi connectivity index (χ0n) is 18.8. The van der Waals surface area contributed by atoms with E-state index in [0.29, 0.717) is 31.1 Å². The van der Waals surface area contributed by atoms with Crippen LogP contribution < -0.4 is 10.1 Å². The van der Waals surface area contributed by atoms with Gasteiger partial charge in [0.25, 0.3) is 0 Å². The van der Waals surface area contributed by atoms with Gasteiger partial charge in [-0.2, -0.15) is 18.2 Å². The molecule has 1 aliphatic rings. The number of terminal acetylenes is 1. The lowest BCUT2D eigenvalue weighted by Gasteiger charge is -2.22. The predicted molar refractivity (Wildman–Crippen MR) is 124 cm³/mol. The number of rotatable bonds is 10. The molecule has 1 N–H and O–H groups in total. The van der Waals surface area contributed by atoms with E-state index in [1.165, 1.54) is 24.3 Å². The molecule has 1 fully saturated rings. The number of hydrogen-bond acceptors (Lipinski definition) is 6. The summed E-state index contributed by atoms with van der Waals surface area (Å²) in [7, 11) is -3.45. The maximum atomic E-state index is 13.4. The molecule has 0 atom stereocenters. The van der Waals surface area contributed by atoms with Gasteiger partial charge in [-0.25, -0.2) is 13.4 Å². The fourth-order valence-corrected chi connectivity index (χ4v) is 5.16. The van der Waals surface area contributed by atoms with Crippen LogP contribution in [0.4, 0.5) is 24.8 Å². The minimum atomic E-state index is -4.64. The van der Waals surface area contributed by atoms with Crippen molar-refractivity contribution in [2.75, 3.05) is 17.7 Å². The molecule has 0 radical (unpaired) electrons. The number of halogens is 3. The van der Waals surface area contributed by atoms with Gasteiger partial charge in [0.05, 0.1) is 17.3 Å². The van der Waals surface area contributed by atoms with Crippen LogP contribution in [0.15, 0.2) is 35.4 Å². The van der Waals surface area contributed by atoms with Crippen LogP contribution in [0.1, 0.15) is 56.9 Å². The number of hydrogen-bond donors (Lipinski definition) is 1. The van der Waals surface area contributed by atoms with Crippen LogP contribution in [0, 0.1) is 18.3 Å². The monoisotopic (exact) mass is 495 g/mol. The average Bonchev–Trinajstić information content (AvgIpc) is 2.81. The van der Waals surface area contributed by atoms with Crippen LogP contribution in [0.3, 0.4) is 0 Å². The summed E-state index contributed by atoms with van der Waals surface area (Å²) in [5, 5.41) is 2.81. The van der Waals surface area contributed by atoms with Gasteiger partial charge in [0, 0.05) is 18.3 Å². The van der Waals surface area contributed by atoms with Gasteiger partial charge < -0.3 is 10.1 Å². The average molecular weight is 496 g/mol. The predicted octanol–water partition coefficient (Wildman–Crippen LogP) is 5.78. The first-order chi connectivity index (χ1) is 16.2. The Morgan fingerprint density at radius 3 is 2.47 bits per heavy atom. The Morgan fingerprint density at radius 1 is 1.12 bits per heavy atom. The molecule has 2 aromatic rings. The largest absolute Gasteiger partial charge is 0.477 e. The highest BCUT2D eigenvalue weighted by Gasteiger charge is 2.36. The van der Waals surface area contributed by atoms with Crippen molar-refractivity contribution < 1.29 is 26.3 Å². The van der Waals surface area contributed by atoms with Crippen molar-refractivity contribution in [3.63, 3.8) is 0 Å². The second-order valence-corrected chi connectivity index (χ2v) is 10.5. The molecule has 184 valence electrons. The number of benzene rings is 1. The summed E-state index contributed by atoms with van der Waals surface area (Å²) < 4.78 is 70.6. The van der Waals surface area contributed by atoms with Gasteiger partial charge in [-0.1, -0.05) is 19.3 Å². The summed E-state index contributed by atoms with van der Waals surface area (Å²) in [5.74, 6) is 2.09. The Kier molecular flexibility index (Phi) is 8.78. The van der Waals surface area contributed by atoms with E-state index in [2.05, 4.69) is 21.2 Å². The smallest absolute Gasteiger partial charge is 0.423 e. The molecule has 1 heterocycles. The summed E-state index contributed by atoms with van der Waals surface area (Å²) in [6, 6.07) is 5.89. The van der Waals surface area contributed by atoms with Gasteiger partial charge in [0.15, 0.2) is 9.84 Å². The molecule has 1 aromatic heterocycles. The van der Waals surface area contributed by atoms with Crippen LogP contribution >= 0.6 is 0 Å². The Bertz CT molecular complexity index is 1090. The normalized spacial score (nSPS) is 15.0. The zero-order valence-corrected chi connectivity index (χ0v) is 19.6. The van der Waals surface area contributed by atoms with Gasteiger partial charge in [0.1, 0.15) is 5.56 Å². The lowest BCUT2D eigenvalue weighted by Crippen LogP contribution is -2.18. The molecule has 0 saturated heterocycles. The molecule has 3 rings (SSSR count). The number of sulfone groups is 1. The van der Waals surface area contributed by atoms with E-state index >= 15 is 0 Å². The minimum absolute atomic E-state index is 0.00877. The van der Waals surface area contributed by atoms with Gasteiger partial charge in [-0.15, -0.1) is 12.3 Å². The maximum Gasteiger partial charge on any atom is 0.423 e. The number of nitrogens with one attached hydrogen (secondary N) is 1. The van der Waals surface area contributed by atoms with Gasteiger partial charge in [-0.3, -0.25) is 0 Å². The number of alkyl halides is 3. The quantitative estimate of drug-likeness (QED) is 0.333. The highest BCUT2D eigenvalue weighted by atomic mass is 32.2. The lowest BCUT2D eigenvalue weighted by atomic mass is 9.90. The summed E-state index contributed by atoms with van der Waals surface area (Å²) in [4.78, 5) is 7.87. The molecule has 0 bridgehead atoms. The Morgan fingerprint density at radius 2 is 1.82 bits per heavy atom. The number of unbranched alkanes of at least 4 members (excludes halogenated alkanes) is 2. The molecular weight excluding hydrogens is 467 g/mol. The van der Waals surface area contributed by atoms with E-state index in [-0.39, 0.29) is 29.1 Å². The van der Waals surface area contributed by atoms with E-state index in [1.807, 2.05) is 0 Å². The SMILES string of the molecule is C#CCCCCS(=O)(=O)c1ccc(Nc2ncc(C(F)(F)F)c(OCC3CCCCC3)n2)cc1. The molecule has 0 spiro atoms. The first kappa shape index (κ1) is 25.8. The van der Waals surface area contributed by atoms with Crippen molar-refractivity contribution in [2.45, 2.75) is 62.4 Å². The van der Waals surface area contributed by atoms with E-state index in [1.54, 1.807) is 0 Å². The molecule has 0 aliphatic heterocycles. The van der Waals surface area contributed by atoms with Crippen molar-refractivity contribution in [3.8, 4) is 18.2 Å². The van der Waals surface area contributed by atoms with Crippen molar-refractivity contribution >= 4 is 21.5 Å². The molecule has 6 nitrogen and oxygen atoms in total. The van der Waals surface area contributed by atoms with Crippen LogP contribution in [-0.4, -0.2) is 30.7 Å². The van der Waals surface area contributed by atoms with Gasteiger partial charge >= 0.3 is 6.18 Å². The highest BCUT2D eigenvalue weighted by molar-refractivity contribution is 7.91. The summed E-state index contributed by atoms with van der Waals surface area (Å²) in [6.07, 6.45) is 7.95. The van der Waals surface area contributed by atoms with Crippen LogP contribution in [0.2, 0.25) is 0 Å². The van der Waals surface area contributed by atoms with Crippen molar-refractivity contribution in [1.82, 2.24) is 9.97 Å². The number of anilines is 2. The molecule has 10 heteroatoms. The first-order valence-corrected chi connectivity index (χ1v) is 12.9. The number of aromatic nitrogens is 2. The molecule has 0 unspecified atom stereocenters. The standard InChI is InChI=1S/C24H28F3N3O3S/c1-2-3-4-8-15-34(31,32)20-13-11-19(12-14-20)29-23-28-16-21(24(25,26)27)22(30-23)33-17-18-9-6-5-7-10-18/h1,11-14,16,18H,3-10,15,17H2,(H,28,29,30). The molecular formula is C24H28F3N3O3S. The van der Waals surface area contributed by atoms with Gasteiger partial charge in [-0.05, 0) is 55.9 Å². The third-order valence-corrected chi connectivity index (χ3v) is 7.51. The van der Waals surface area contributed by atoms with Crippen molar-refractivity contribution in [2.24, 2.45) is 5.92 Å². The van der Waals surface area contributed by atoms with Crippen LogP contribution in [0.25, 0.3) is 0 Å². The van der Waals surface area contributed by atoms with Crippen molar-refractivity contribution in [1.29, 1.82) is 0 Å². The van der Waals surface area contributed by atoms with Crippen LogP contribution in [-0.2, 0) is 16.0 Å². The highest BCUT2D eigenvalue weighted by Crippen LogP contribution is 2.36. The Labute approximate surface area is 198 Å². The Hall–Kier alpha value is -2.80. The fraction of sp³-hybridized carbons (Fsp3) is 0.500.